The van der Waals surface area contributed by atoms with Crippen molar-refractivity contribution < 1.29 is 0 Å². The van der Waals surface area contributed by atoms with Gasteiger partial charge in [0, 0.05) is 24.9 Å². The van der Waals surface area contributed by atoms with Gasteiger partial charge in [-0.05, 0) is 36.9 Å². The number of nitrogens with zero attached hydrogens (tertiary/aromatic N) is 1. The van der Waals surface area contributed by atoms with Gasteiger partial charge in [0.1, 0.15) is 5.82 Å². The van der Waals surface area contributed by atoms with E-state index in [4.69, 9.17) is 11.6 Å². The zero-order valence-electron chi connectivity index (χ0n) is 9.74. The predicted octanol–water partition coefficient (Wildman–Crippen LogP) is 3.41. The molecule has 0 aromatic carbocycles. The largest absolute Gasteiger partial charge is 0.349 e. The van der Waals surface area contributed by atoms with Crippen LogP contribution in [0.25, 0.3) is 0 Å². The Bertz CT molecular complexity index is 438. The summed E-state index contributed by atoms with van der Waals surface area (Å²) < 4.78 is 0.851. The summed E-state index contributed by atoms with van der Waals surface area (Å²) in [5.74, 6) is 1.05. The van der Waals surface area contributed by atoms with E-state index in [1.54, 1.807) is 17.5 Å². The van der Waals surface area contributed by atoms with Crippen LogP contribution in [0.5, 0.6) is 0 Å². The van der Waals surface area contributed by atoms with Crippen molar-refractivity contribution in [1.82, 2.24) is 15.3 Å². The molecule has 2 heterocycles. The lowest BCUT2D eigenvalue weighted by molar-refractivity contribution is 0.556. The van der Waals surface area contributed by atoms with Crippen molar-refractivity contribution in [3.63, 3.8) is 0 Å². The van der Waals surface area contributed by atoms with Crippen molar-refractivity contribution in [3.05, 3.63) is 39.6 Å². The number of aryl methyl sites for hydroxylation is 1. The van der Waals surface area contributed by atoms with Crippen LogP contribution >= 0.6 is 22.9 Å². The molecule has 1 unspecified atom stereocenters. The topological polar surface area (TPSA) is 40.7 Å². The van der Waals surface area contributed by atoms with Crippen molar-refractivity contribution >= 4 is 22.9 Å². The Morgan fingerprint density at radius 3 is 3.12 bits per heavy atom. The highest BCUT2D eigenvalue weighted by Gasteiger charge is 2.06. The van der Waals surface area contributed by atoms with Crippen molar-refractivity contribution in [1.29, 1.82) is 0 Å². The van der Waals surface area contributed by atoms with Gasteiger partial charge in [0.05, 0.1) is 4.34 Å². The van der Waals surface area contributed by atoms with Crippen LogP contribution in [0.3, 0.4) is 0 Å². The zero-order valence-corrected chi connectivity index (χ0v) is 11.3. The minimum atomic E-state index is 0.357. The lowest BCUT2D eigenvalue weighted by atomic mass is 10.2. The Balaban J connectivity index is 1.68. The molecule has 0 saturated carbocycles. The number of aromatic nitrogens is 2. The van der Waals surface area contributed by atoms with E-state index in [1.165, 1.54) is 5.56 Å². The Kier molecular flexibility index (Phi) is 4.59. The van der Waals surface area contributed by atoms with E-state index in [0.717, 1.165) is 29.5 Å². The molecule has 1 atom stereocenters. The van der Waals surface area contributed by atoms with Gasteiger partial charge in [0.25, 0.3) is 0 Å². The first kappa shape index (κ1) is 12.6. The maximum Gasteiger partial charge on any atom is 0.106 e. The fourth-order valence-electron chi connectivity index (χ4n) is 1.68. The van der Waals surface area contributed by atoms with Crippen LogP contribution in [0.1, 0.15) is 30.8 Å². The molecular weight excluding hydrogens is 254 g/mol. The fraction of sp³-hybridized carbons (Fsp3) is 0.417. The van der Waals surface area contributed by atoms with Crippen LogP contribution in [0.15, 0.2) is 23.8 Å². The Morgan fingerprint density at radius 1 is 1.59 bits per heavy atom. The first-order chi connectivity index (χ1) is 8.25. The number of halogens is 1. The SMILES string of the molecule is CC(NCCCc1ncc[nH]1)c1csc(Cl)c1. The number of aromatic amines is 1. The summed E-state index contributed by atoms with van der Waals surface area (Å²) in [4.78, 5) is 7.30. The number of hydrogen-bond acceptors (Lipinski definition) is 3. The molecule has 0 radical (unpaired) electrons. The molecule has 92 valence electrons. The number of imidazole rings is 1. The molecule has 0 aliphatic heterocycles. The van der Waals surface area contributed by atoms with Gasteiger partial charge in [-0.25, -0.2) is 4.98 Å². The average molecular weight is 270 g/mol. The minimum Gasteiger partial charge on any atom is -0.349 e. The molecule has 2 aromatic rings. The van der Waals surface area contributed by atoms with E-state index in [0.29, 0.717) is 6.04 Å². The number of H-pyrrole nitrogens is 1. The van der Waals surface area contributed by atoms with Gasteiger partial charge in [-0.2, -0.15) is 0 Å². The van der Waals surface area contributed by atoms with Gasteiger partial charge in [-0.3, -0.25) is 0 Å². The number of nitrogens with one attached hydrogen (secondary N) is 2. The summed E-state index contributed by atoms with van der Waals surface area (Å²) in [5, 5.41) is 5.58. The molecule has 0 fully saturated rings. The van der Waals surface area contributed by atoms with Crippen LogP contribution in [0.2, 0.25) is 4.34 Å². The Labute approximate surface area is 110 Å². The van der Waals surface area contributed by atoms with Gasteiger partial charge in [0.2, 0.25) is 0 Å². The van der Waals surface area contributed by atoms with Crippen LogP contribution in [0.4, 0.5) is 0 Å². The minimum absolute atomic E-state index is 0.357. The number of rotatable bonds is 6. The van der Waals surface area contributed by atoms with Crippen LogP contribution in [-0.2, 0) is 6.42 Å². The quantitative estimate of drug-likeness (QED) is 0.789. The molecule has 0 spiro atoms. The van der Waals surface area contributed by atoms with Crippen LogP contribution < -0.4 is 5.32 Å². The summed E-state index contributed by atoms with van der Waals surface area (Å²) in [6.07, 6.45) is 5.71. The Morgan fingerprint density at radius 2 is 2.47 bits per heavy atom. The van der Waals surface area contributed by atoms with E-state index in [-0.39, 0.29) is 0 Å². The molecule has 2 N–H and O–H groups in total. The maximum atomic E-state index is 5.91. The number of thiophene rings is 1. The van der Waals surface area contributed by atoms with Gasteiger partial charge in [-0.1, -0.05) is 11.6 Å². The molecule has 17 heavy (non-hydrogen) atoms. The van der Waals surface area contributed by atoms with E-state index in [2.05, 4.69) is 27.6 Å². The fourth-order valence-corrected chi connectivity index (χ4v) is 2.66. The summed E-state index contributed by atoms with van der Waals surface area (Å²) in [7, 11) is 0. The van der Waals surface area contributed by atoms with Crippen molar-refractivity contribution in [2.75, 3.05) is 6.54 Å². The first-order valence-electron chi connectivity index (χ1n) is 5.71. The van der Waals surface area contributed by atoms with Crippen molar-refractivity contribution in [2.24, 2.45) is 0 Å². The summed E-state index contributed by atoms with van der Waals surface area (Å²) in [6, 6.07) is 2.38. The highest BCUT2D eigenvalue weighted by molar-refractivity contribution is 7.14. The van der Waals surface area contributed by atoms with Gasteiger partial charge < -0.3 is 10.3 Å². The highest BCUT2D eigenvalue weighted by Crippen LogP contribution is 2.24. The van der Waals surface area contributed by atoms with E-state index in [9.17, 15) is 0 Å². The smallest absolute Gasteiger partial charge is 0.106 e. The lowest BCUT2D eigenvalue weighted by Crippen LogP contribution is -2.19. The zero-order chi connectivity index (χ0) is 12.1. The van der Waals surface area contributed by atoms with Crippen molar-refractivity contribution in [3.8, 4) is 0 Å². The summed E-state index contributed by atoms with van der Waals surface area (Å²) >= 11 is 7.49. The molecule has 3 nitrogen and oxygen atoms in total. The van der Waals surface area contributed by atoms with E-state index < -0.39 is 0 Å². The lowest BCUT2D eigenvalue weighted by Gasteiger charge is -2.11. The van der Waals surface area contributed by atoms with Crippen LogP contribution in [0, 0.1) is 0 Å². The van der Waals surface area contributed by atoms with E-state index in [1.807, 2.05) is 12.3 Å². The Hall–Kier alpha value is -0.840. The molecule has 0 aliphatic rings. The highest BCUT2D eigenvalue weighted by atomic mass is 35.5. The third kappa shape index (κ3) is 3.84. The third-order valence-electron chi connectivity index (χ3n) is 2.68. The molecule has 5 heteroatoms. The summed E-state index contributed by atoms with van der Waals surface area (Å²) in [6.45, 7) is 3.14. The molecule has 2 aromatic heterocycles. The molecule has 2 rings (SSSR count). The summed E-state index contributed by atoms with van der Waals surface area (Å²) in [5.41, 5.74) is 1.26. The standard InChI is InChI=1S/C12H16ClN3S/c1-9(10-7-11(13)17-8-10)14-4-2-3-12-15-5-6-16-12/h5-9,14H,2-4H2,1H3,(H,15,16). The van der Waals surface area contributed by atoms with Crippen LogP contribution in [-0.4, -0.2) is 16.5 Å². The van der Waals surface area contributed by atoms with Gasteiger partial charge in [-0.15, -0.1) is 11.3 Å². The van der Waals surface area contributed by atoms with Gasteiger partial charge in [0.15, 0.2) is 0 Å². The van der Waals surface area contributed by atoms with Crippen molar-refractivity contribution in [2.45, 2.75) is 25.8 Å². The number of hydrogen-bond donors (Lipinski definition) is 2. The average Bonchev–Trinajstić information content (AvgIpc) is 2.95. The molecule has 0 bridgehead atoms. The third-order valence-corrected chi connectivity index (χ3v) is 3.79. The van der Waals surface area contributed by atoms with E-state index >= 15 is 0 Å². The molecular formula is C12H16ClN3S. The second-order valence-corrected chi connectivity index (χ2v) is 5.54. The normalized spacial score (nSPS) is 12.8. The predicted molar refractivity (Wildman–Crippen MR) is 72.7 cm³/mol. The molecule has 0 amide bonds. The van der Waals surface area contributed by atoms with Gasteiger partial charge >= 0.3 is 0 Å². The second kappa shape index (κ2) is 6.19. The second-order valence-electron chi connectivity index (χ2n) is 4.00. The maximum absolute atomic E-state index is 5.91. The first-order valence-corrected chi connectivity index (χ1v) is 6.97. The molecule has 0 aliphatic carbocycles. The molecule has 0 saturated heterocycles. The monoisotopic (exact) mass is 269 g/mol.